The van der Waals surface area contributed by atoms with Crippen molar-refractivity contribution in [3.8, 4) is 0 Å². The molecule has 3 rings (SSSR count). The molecule has 1 aliphatic rings. The Labute approximate surface area is 193 Å². The number of aromatic amines is 1. The van der Waals surface area contributed by atoms with Crippen molar-refractivity contribution in [3.05, 3.63) is 22.6 Å². The molecule has 3 unspecified atom stereocenters. The Bertz CT molecular complexity index is 1310. The molecule has 3 heterocycles. The molecule has 1 saturated heterocycles. The molecule has 0 aromatic carbocycles. The molecule has 1 aliphatic heterocycles. The second-order valence-electron chi connectivity index (χ2n) is 7.34. The van der Waals surface area contributed by atoms with Crippen molar-refractivity contribution < 1.29 is 65.8 Å². The molecule has 0 aliphatic carbocycles. The van der Waals surface area contributed by atoms with Crippen molar-refractivity contribution in [2.24, 2.45) is 0 Å². The lowest BCUT2D eigenvalue weighted by Crippen LogP contribution is -2.50. The molecule has 198 valence electrons. The van der Waals surface area contributed by atoms with Crippen LogP contribution in [0.1, 0.15) is 13.2 Å². The molecule has 7 atom stereocenters. The quantitative estimate of drug-likeness (QED) is 0.168. The van der Waals surface area contributed by atoms with Crippen LogP contribution < -0.4 is 11.3 Å². The summed E-state index contributed by atoms with van der Waals surface area (Å²) in [5.41, 5.74) is 1.95. The molecule has 2 aromatic rings. The van der Waals surface area contributed by atoms with Crippen molar-refractivity contribution in [2.75, 3.05) is 12.4 Å². The zero-order valence-corrected chi connectivity index (χ0v) is 20.0. The summed E-state index contributed by atoms with van der Waals surface area (Å²) >= 11 is 0. The molecule has 0 amide bonds. The van der Waals surface area contributed by atoms with Gasteiger partial charge in [0, 0.05) is 6.20 Å². The Balaban J connectivity index is 1.88. The van der Waals surface area contributed by atoms with Crippen LogP contribution >= 0.6 is 23.5 Å². The number of fused-ring (bicyclic) bond motifs is 1. The molecule has 0 bridgehead atoms. The van der Waals surface area contributed by atoms with Gasteiger partial charge < -0.3 is 44.8 Å². The summed E-state index contributed by atoms with van der Waals surface area (Å²) in [7, 11) is -17.1. The van der Waals surface area contributed by atoms with Gasteiger partial charge >= 0.3 is 23.5 Å². The van der Waals surface area contributed by atoms with E-state index >= 15 is 0 Å². The highest BCUT2D eigenvalue weighted by Gasteiger charge is 2.59. The van der Waals surface area contributed by atoms with E-state index in [9.17, 15) is 42.9 Å². The topological polar surface area (TPSA) is 286 Å². The fourth-order valence-electron chi connectivity index (χ4n) is 3.41. The molecule has 0 spiro atoms. The standard InChI is InChI=1S/C13H20FN4O14P3/c1-5(30-34(25,26)32-35(27,28)31-33(22,23)24)7-8(19)13(21,4-14)11(29-7)18-3-2-6-9(18)16-12(15)17-10(6)20/h2-3,5,7-8,11,19,21H,4H2,1H3,(H,25,26)(H,27,28)(H2,22,23,24)(H3,15,16,17,20)/t5-,7-,8?,11-,13-/m1/s1. The summed E-state index contributed by atoms with van der Waals surface area (Å²) in [6.45, 7) is -0.669. The maximum absolute atomic E-state index is 13.9. The van der Waals surface area contributed by atoms with E-state index in [1.807, 2.05) is 0 Å². The first-order valence-electron chi connectivity index (χ1n) is 9.19. The summed E-state index contributed by atoms with van der Waals surface area (Å²) in [5.74, 6) is -0.331. The van der Waals surface area contributed by atoms with E-state index in [4.69, 9.17) is 20.3 Å². The minimum Gasteiger partial charge on any atom is -0.387 e. The number of aliphatic hydroxyl groups is 2. The van der Waals surface area contributed by atoms with E-state index in [1.54, 1.807) is 0 Å². The first-order chi connectivity index (χ1) is 15.9. The van der Waals surface area contributed by atoms with Crippen molar-refractivity contribution in [1.82, 2.24) is 14.5 Å². The molecule has 22 heteroatoms. The van der Waals surface area contributed by atoms with Gasteiger partial charge in [-0.05, 0) is 13.0 Å². The van der Waals surface area contributed by atoms with Crippen molar-refractivity contribution >= 4 is 40.4 Å². The molecular weight excluding hydrogens is 548 g/mol. The van der Waals surface area contributed by atoms with Crippen LogP contribution in [0.4, 0.5) is 10.3 Å². The Morgan fingerprint density at radius 2 is 1.91 bits per heavy atom. The Hall–Kier alpha value is -1.56. The van der Waals surface area contributed by atoms with Crippen LogP contribution in [0.15, 0.2) is 17.1 Å². The van der Waals surface area contributed by atoms with Crippen LogP contribution in [-0.2, 0) is 31.6 Å². The summed E-state index contributed by atoms with van der Waals surface area (Å²) < 4.78 is 66.4. The van der Waals surface area contributed by atoms with E-state index in [2.05, 4.69) is 23.1 Å². The maximum atomic E-state index is 13.9. The van der Waals surface area contributed by atoms with Crippen molar-refractivity contribution in [2.45, 2.75) is 37.1 Å². The number of alkyl halides is 1. The van der Waals surface area contributed by atoms with Gasteiger partial charge in [-0.2, -0.15) is 13.6 Å². The summed E-state index contributed by atoms with van der Waals surface area (Å²) in [6, 6.07) is 1.23. The van der Waals surface area contributed by atoms with Crippen LogP contribution in [0, 0.1) is 0 Å². The number of nitrogens with zero attached hydrogens (tertiary/aromatic N) is 2. The average Bonchev–Trinajstić information content (AvgIpc) is 3.18. The minimum atomic E-state index is -5.83. The van der Waals surface area contributed by atoms with Crippen LogP contribution in [0.2, 0.25) is 0 Å². The monoisotopic (exact) mass is 568 g/mol. The first kappa shape index (κ1) is 28.0. The van der Waals surface area contributed by atoms with Crippen LogP contribution in [-0.4, -0.2) is 74.9 Å². The molecule has 9 N–H and O–H groups in total. The van der Waals surface area contributed by atoms with Crippen LogP contribution in [0.25, 0.3) is 11.0 Å². The molecule has 0 saturated carbocycles. The van der Waals surface area contributed by atoms with E-state index in [0.29, 0.717) is 0 Å². The fourth-order valence-corrected chi connectivity index (χ4v) is 6.61. The number of aromatic nitrogens is 3. The molecule has 35 heavy (non-hydrogen) atoms. The number of H-pyrrole nitrogens is 1. The van der Waals surface area contributed by atoms with Gasteiger partial charge in [0.1, 0.15) is 18.9 Å². The van der Waals surface area contributed by atoms with E-state index in [1.165, 1.54) is 12.3 Å². The van der Waals surface area contributed by atoms with Crippen LogP contribution in [0.3, 0.4) is 0 Å². The summed E-state index contributed by atoms with van der Waals surface area (Å²) in [6.07, 6.45) is -6.37. The van der Waals surface area contributed by atoms with Gasteiger partial charge in [0.2, 0.25) is 5.95 Å². The molecule has 2 aromatic heterocycles. The Morgan fingerprint density at radius 3 is 2.49 bits per heavy atom. The SMILES string of the molecule is C[C@@H](OP(=O)(O)OP(=O)(O)OP(=O)(O)O)[C@H]1O[C@@H](n2ccc3c(=O)[nH]c(N)nc32)[C@@](O)(CF)C1O. The maximum Gasteiger partial charge on any atom is 0.490 e. The largest absolute Gasteiger partial charge is 0.490 e. The van der Waals surface area contributed by atoms with Gasteiger partial charge in [0.15, 0.2) is 17.5 Å². The second kappa shape index (κ2) is 9.39. The number of halogens is 1. The number of nitrogens with two attached hydrogens (primary N) is 1. The number of rotatable bonds is 9. The predicted molar refractivity (Wildman–Crippen MR) is 110 cm³/mol. The number of anilines is 1. The third-order valence-corrected chi connectivity index (χ3v) is 8.71. The minimum absolute atomic E-state index is 0.0386. The lowest BCUT2D eigenvalue weighted by Gasteiger charge is -2.29. The van der Waals surface area contributed by atoms with E-state index in [0.717, 1.165) is 11.5 Å². The van der Waals surface area contributed by atoms with E-state index in [-0.39, 0.29) is 17.0 Å². The molecule has 0 radical (unpaired) electrons. The number of hydrogen-bond acceptors (Lipinski definition) is 12. The number of phosphoric acid groups is 3. The van der Waals surface area contributed by atoms with Crippen molar-refractivity contribution in [3.63, 3.8) is 0 Å². The number of nitrogen functional groups attached to an aromatic ring is 1. The summed E-state index contributed by atoms with van der Waals surface area (Å²) in [4.78, 5) is 54.2. The fraction of sp³-hybridized carbons (Fsp3) is 0.538. The summed E-state index contributed by atoms with van der Waals surface area (Å²) in [5, 5.41) is 21.3. The highest BCUT2D eigenvalue weighted by Crippen LogP contribution is 2.66. The van der Waals surface area contributed by atoms with E-state index < -0.39 is 65.8 Å². The second-order valence-corrected chi connectivity index (χ2v) is 11.7. The zero-order valence-electron chi connectivity index (χ0n) is 17.3. The number of aliphatic hydroxyl groups excluding tert-OH is 1. The average molecular weight is 568 g/mol. The normalized spacial score (nSPS) is 29.7. The highest BCUT2D eigenvalue weighted by molar-refractivity contribution is 7.66. The number of hydrogen-bond donors (Lipinski definition) is 8. The van der Waals surface area contributed by atoms with Gasteiger partial charge in [-0.3, -0.25) is 14.3 Å². The zero-order chi connectivity index (χ0) is 26.6. The first-order valence-corrected chi connectivity index (χ1v) is 13.7. The lowest BCUT2D eigenvalue weighted by molar-refractivity contribution is -0.119. The molecule has 18 nitrogen and oxygen atoms in total. The van der Waals surface area contributed by atoms with Crippen molar-refractivity contribution in [1.29, 1.82) is 0 Å². The lowest BCUT2D eigenvalue weighted by atomic mass is 9.93. The highest BCUT2D eigenvalue weighted by atomic mass is 31.3. The van der Waals surface area contributed by atoms with Gasteiger partial charge in [0.25, 0.3) is 5.56 Å². The Kier molecular flexibility index (Phi) is 7.52. The van der Waals surface area contributed by atoms with Gasteiger partial charge in [-0.25, -0.2) is 18.1 Å². The number of nitrogens with one attached hydrogen (secondary N) is 1. The van der Waals surface area contributed by atoms with Gasteiger partial charge in [0.05, 0.1) is 11.5 Å². The molecule has 1 fully saturated rings. The third-order valence-electron chi connectivity index (χ3n) is 4.78. The number of ether oxygens (including phenoxy) is 1. The number of phosphoric ester groups is 1. The predicted octanol–water partition coefficient (Wildman–Crippen LogP) is -1.00. The third kappa shape index (κ3) is 5.89. The Morgan fingerprint density at radius 1 is 1.29 bits per heavy atom. The molecular formula is C13H20FN4O14P3. The van der Waals surface area contributed by atoms with Crippen LogP contribution in [0.5, 0.6) is 0 Å². The van der Waals surface area contributed by atoms with Gasteiger partial charge in [-0.15, -0.1) is 0 Å². The van der Waals surface area contributed by atoms with Gasteiger partial charge in [-0.1, -0.05) is 0 Å². The smallest absolute Gasteiger partial charge is 0.387 e.